The summed E-state index contributed by atoms with van der Waals surface area (Å²) in [5.74, 6) is -2.07. The number of nitrogens with one attached hydrogen (secondary N) is 1. The van der Waals surface area contributed by atoms with Crippen molar-refractivity contribution in [3.05, 3.63) is 56.6 Å². The molecule has 2 aliphatic rings. The van der Waals surface area contributed by atoms with Crippen LogP contribution in [-0.4, -0.2) is 41.1 Å². The average Bonchev–Trinajstić information content (AvgIpc) is 3.27. The van der Waals surface area contributed by atoms with Gasteiger partial charge < -0.3 is 10.1 Å². The standard InChI is InChI=1S/C23H21FN2O5S2/c1-2-31-22(29)19-15-5-3-4-6-16(15)32-20(19)25-18(27)12-26-21(28)17(33-23(26)30)11-13-7-9-14(24)10-8-13/h7-11H,2-6,12H2,1H3,(H,25,27)/b17-11-. The third kappa shape index (κ3) is 5.01. The minimum atomic E-state index is -0.597. The first-order valence-corrected chi connectivity index (χ1v) is 12.1. The molecule has 0 bridgehead atoms. The van der Waals surface area contributed by atoms with E-state index in [9.17, 15) is 23.6 Å². The molecule has 1 aliphatic heterocycles. The van der Waals surface area contributed by atoms with E-state index in [0.29, 0.717) is 16.1 Å². The molecule has 0 saturated carbocycles. The van der Waals surface area contributed by atoms with Crippen LogP contribution in [0.15, 0.2) is 29.2 Å². The Bertz CT molecular complexity index is 1160. The summed E-state index contributed by atoms with van der Waals surface area (Å²) >= 11 is 2.06. The van der Waals surface area contributed by atoms with Crippen LogP contribution in [0.4, 0.5) is 14.2 Å². The van der Waals surface area contributed by atoms with Crippen LogP contribution in [0.2, 0.25) is 0 Å². The van der Waals surface area contributed by atoms with Gasteiger partial charge in [-0.2, -0.15) is 0 Å². The van der Waals surface area contributed by atoms with Gasteiger partial charge in [0.1, 0.15) is 17.4 Å². The lowest BCUT2D eigenvalue weighted by Crippen LogP contribution is -2.36. The normalized spacial score (nSPS) is 16.8. The summed E-state index contributed by atoms with van der Waals surface area (Å²) in [5.41, 5.74) is 1.85. The van der Waals surface area contributed by atoms with Crippen molar-refractivity contribution in [1.82, 2.24) is 4.90 Å². The number of anilines is 1. The molecule has 1 aliphatic carbocycles. The molecule has 0 spiro atoms. The lowest BCUT2D eigenvalue weighted by molar-refractivity contribution is -0.127. The summed E-state index contributed by atoms with van der Waals surface area (Å²) in [6.07, 6.45) is 5.03. The average molecular weight is 489 g/mol. The molecular formula is C23H21FN2O5S2. The summed E-state index contributed by atoms with van der Waals surface area (Å²) in [6, 6.07) is 5.49. The topological polar surface area (TPSA) is 92.8 Å². The van der Waals surface area contributed by atoms with E-state index in [1.54, 1.807) is 6.92 Å². The first kappa shape index (κ1) is 23.2. The molecule has 33 heavy (non-hydrogen) atoms. The van der Waals surface area contributed by atoms with Crippen molar-refractivity contribution in [2.45, 2.75) is 32.6 Å². The van der Waals surface area contributed by atoms with Crippen LogP contribution in [0.25, 0.3) is 6.08 Å². The number of imide groups is 1. The molecule has 1 fully saturated rings. The number of thiophene rings is 1. The number of nitrogens with zero attached hydrogens (tertiary/aromatic N) is 1. The molecule has 172 valence electrons. The summed E-state index contributed by atoms with van der Waals surface area (Å²) in [6.45, 7) is 1.46. The van der Waals surface area contributed by atoms with Crippen molar-refractivity contribution in [2.24, 2.45) is 0 Å². The van der Waals surface area contributed by atoms with Gasteiger partial charge in [-0.05, 0) is 73.7 Å². The largest absolute Gasteiger partial charge is 0.462 e. The van der Waals surface area contributed by atoms with Gasteiger partial charge in [0, 0.05) is 4.88 Å². The van der Waals surface area contributed by atoms with Gasteiger partial charge in [-0.25, -0.2) is 9.18 Å². The van der Waals surface area contributed by atoms with Crippen LogP contribution in [0.5, 0.6) is 0 Å². The summed E-state index contributed by atoms with van der Waals surface area (Å²) in [5, 5.41) is 2.53. The highest BCUT2D eigenvalue weighted by molar-refractivity contribution is 8.18. The van der Waals surface area contributed by atoms with Crippen LogP contribution in [0, 0.1) is 5.82 Å². The number of amides is 3. The second kappa shape index (κ2) is 9.88. The number of carbonyl (C=O) groups excluding carboxylic acids is 4. The van der Waals surface area contributed by atoms with Crippen LogP contribution in [0.3, 0.4) is 0 Å². The molecule has 0 unspecified atom stereocenters. The number of esters is 1. The maximum absolute atomic E-state index is 13.1. The first-order valence-electron chi connectivity index (χ1n) is 10.5. The number of carbonyl (C=O) groups is 4. The maximum atomic E-state index is 13.1. The fraction of sp³-hybridized carbons (Fsp3) is 0.304. The molecule has 1 aromatic heterocycles. The Kier molecular flexibility index (Phi) is 6.94. The van der Waals surface area contributed by atoms with Crippen molar-refractivity contribution in [3.63, 3.8) is 0 Å². The van der Waals surface area contributed by atoms with Crippen molar-refractivity contribution in [1.29, 1.82) is 0 Å². The number of halogens is 1. The van der Waals surface area contributed by atoms with Crippen molar-refractivity contribution in [3.8, 4) is 0 Å². The van der Waals surface area contributed by atoms with Gasteiger partial charge in [0.15, 0.2) is 0 Å². The van der Waals surface area contributed by atoms with E-state index in [0.717, 1.165) is 52.8 Å². The molecule has 4 rings (SSSR count). The van der Waals surface area contributed by atoms with Gasteiger partial charge in [0.05, 0.1) is 17.1 Å². The second-order valence-electron chi connectivity index (χ2n) is 7.50. The quantitative estimate of drug-likeness (QED) is 0.471. The summed E-state index contributed by atoms with van der Waals surface area (Å²) in [4.78, 5) is 52.4. The molecule has 10 heteroatoms. The molecule has 0 radical (unpaired) electrons. The zero-order valence-corrected chi connectivity index (χ0v) is 19.4. The molecule has 7 nitrogen and oxygen atoms in total. The van der Waals surface area contributed by atoms with E-state index >= 15 is 0 Å². The fourth-order valence-electron chi connectivity index (χ4n) is 3.73. The maximum Gasteiger partial charge on any atom is 0.341 e. The number of hydrogen-bond donors (Lipinski definition) is 1. The van der Waals surface area contributed by atoms with Crippen LogP contribution in [-0.2, 0) is 27.2 Å². The smallest absolute Gasteiger partial charge is 0.341 e. The SMILES string of the molecule is CCOC(=O)c1c(NC(=O)CN2C(=O)S/C(=C\c3ccc(F)cc3)C2=O)sc2c1CCCC2. The van der Waals surface area contributed by atoms with Gasteiger partial charge in [-0.15, -0.1) is 11.3 Å². The number of fused-ring (bicyclic) bond motifs is 1. The van der Waals surface area contributed by atoms with Crippen LogP contribution < -0.4 is 5.32 Å². The Morgan fingerprint density at radius 1 is 1.18 bits per heavy atom. The van der Waals surface area contributed by atoms with Gasteiger partial charge in [-0.1, -0.05) is 12.1 Å². The fourth-order valence-corrected chi connectivity index (χ4v) is 5.86. The van der Waals surface area contributed by atoms with Crippen LogP contribution in [0.1, 0.15) is 46.1 Å². The van der Waals surface area contributed by atoms with Gasteiger partial charge in [-0.3, -0.25) is 19.3 Å². The van der Waals surface area contributed by atoms with Crippen molar-refractivity contribution in [2.75, 3.05) is 18.5 Å². The Balaban J connectivity index is 1.49. The van der Waals surface area contributed by atoms with Crippen LogP contribution >= 0.6 is 23.1 Å². The highest BCUT2D eigenvalue weighted by atomic mass is 32.2. The first-order chi connectivity index (χ1) is 15.9. The highest BCUT2D eigenvalue weighted by Gasteiger charge is 2.37. The Labute approximate surface area is 198 Å². The minimum Gasteiger partial charge on any atom is -0.462 e. The molecule has 1 aromatic carbocycles. The second-order valence-corrected chi connectivity index (χ2v) is 9.60. The highest BCUT2D eigenvalue weighted by Crippen LogP contribution is 2.39. The molecular weight excluding hydrogens is 467 g/mol. The lowest BCUT2D eigenvalue weighted by atomic mass is 9.95. The van der Waals surface area contributed by atoms with E-state index < -0.39 is 35.4 Å². The molecule has 0 atom stereocenters. The Hall–Kier alpha value is -2.98. The monoisotopic (exact) mass is 488 g/mol. The zero-order valence-electron chi connectivity index (χ0n) is 17.8. The summed E-state index contributed by atoms with van der Waals surface area (Å²) < 4.78 is 18.3. The third-order valence-electron chi connectivity index (χ3n) is 5.25. The van der Waals surface area contributed by atoms with E-state index in [2.05, 4.69) is 5.32 Å². The van der Waals surface area contributed by atoms with E-state index in [4.69, 9.17) is 4.74 Å². The predicted molar refractivity (Wildman–Crippen MR) is 125 cm³/mol. The van der Waals surface area contributed by atoms with Gasteiger partial charge in [0.25, 0.3) is 11.1 Å². The third-order valence-corrected chi connectivity index (χ3v) is 7.36. The zero-order chi connectivity index (χ0) is 23.5. The molecule has 1 saturated heterocycles. The number of thioether (sulfide) groups is 1. The number of ether oxygens (including phenoxy) is 1. The molecule has 2 heterocycles. The summed E-state index contributed by atoms with van der Waals surface area (Å²) in [7, 11) is 0. The number of aryl methyl sites for hydroxylation is 1. The molecule has 3 amide bonds. The minimum absolute atomic E-state index is 0.151. The molecule has 1 N–H and O–H groups in total. The van der Waals surface area contributed by atoms with E-state index in [1.807, 2.05) is 0 Å². The Morgan fingerprint density at radius 3 is 2.64 bits per heavy atom. The van der Waals surface area contributed by atoms with E-state index in [-0.39, 0.29) is 11.5 Å². The predicted octanol–water partition coefficient (Wildman–Crippen LogP) is 4.62. The van der Waals surface area contributed by atoms with Gasteiger partial charge >= 0.3 is 5.97 Å². The number of hydrogen-bond acceptors (Lipinski definition) is 7. The van der Waals surface area contributed by atoms with E-state index in [1.165, 1.54) is 41.7 Å². The number of benzene rings is 1. The lowest BCUT2D eigenvalue weighted by Gasteiger charge is -2.13. The Morgan fingerprint density at radius 2 is 1.91 bits per heavy atom. The van der Waals surface area contributed by atoms with Crippen molar-refractivity contribution < 1.29 is 28.3 Å². The van der Waals surface area contributed by atoms with Gasteiger partial charge in [0.2, 0.25) is 5.91 Å². The van der Waals surface area contributed by atoms with Crippen molar-refractivity contribution >= 4 is 57.2 Å². The number of rotatable bonds is 6. The molecule has 2 aromatic rings.